The number of carboxylic acid groups (broad SMARTS) is 2. The molecule has 0 spiro atoms. The van der Waals surface area contributed by atoms with E-state index < -0.39 is 35.9 Å². The van der Waals surface area contributed by atoms with Crippen molar-refractivity contribution in [3.05, 3.63) is 66.8 Å². The molecule has 0 radical (unpaired) electrons. The van der Waals surface area contributed by atoms with Gasteiger partial charge >= 0.3 is 30.0 Å². The van der Waals surface area contributed by atoms with E-state index in [2.05, 4.69) is 82.4 Å². The molecular formula is C46H65I2N8O11S2+. The zero-order chi connectivity index (χ0) is 50.3. The van der Waals surface area contributed by atoms with Crippen LogP contribution in [0, 0.1) is 7.14 Å². The number of fused-ring (bicyclic) bond motifs is 2. The Balaban J connectivity index is 0.000000249. The molecule has 2 aromatic rings. The predicted octanol–water partition coefficient (Wildman–Crippen LogP) is 4.05. The smallest absolute Gasteiger partial charge is 0.515 e. The lowest BCUT2D eigenvalue weighted by atomic mass is 10.0. The lowest BCUT2D eigenvalue weighted by Crippen LogP contribution is -2.40. The second-order valence-electron chi connectivity index (χ2n) is 17.0. The predicted molar refractivity (Wildman–Crippen MR) is 282 cm³/mol. The van der Waals surface area contributed by atoms with Crippen LogP contribution in [-0.2, 0) is 19.2 Å². The molecule has 4 aliphatic rings. The molecule has 0 aromatic heterocycles. The van der Waals surface area contributed by atoms with E-state index in [1.807, 2.05) is 23.5 Å². The molecule has 19 nitrogen and oxygen atoms in total. The number of nitrogens with one attached hydrogen (secondary N) is 7. The van der Waals surface area contributed by atoms with E-state index in [1.54, 1.807) is 48.5 Å². The van der Waals surface area contributed by atoms with Gasteiger partial charge in [-0.25, -0.2) is 19.2 Å². The maximum atomic E-state index is 12.3. The average Bonchev–Trinajstić information content (AvgIpc) is 4.08. The summed E-state index contributed by atoms with van der Waals surface area (Å²) in [5.74, 6) is -1.43. The molecule has 8 atom stereocenters. The number of amides is 7. The van der Waals surface area contributed by atoms with Gasteiger partial charge in [-0.3, -0.25) is 14.4 Å². The fourth-order valence-electron chi connectivity index (χ4n) is 8.03. The van der Waals surface area contributed by atoms with Crippen molar-refractivity contribution >= 4 is 116 Å². The molecular weight excluding hydrogens is 1160 g/mol. The van der Waals surface area contributed by atoms with E-state index in [1.165, 1.54) is 0 Å². The fourth-order valence-corrected chi connectivity index (χ4v) is 11.8. The Labute approximate surface area is 438 Å². The second kappa shape index (κ2) is 30.6. The number of hydrogen-bond donors (Lipinski definition) is 10. The first-order chi connectivity index (χ1) is 33.0. The monoisotopic (exact) mass is 1220 g/mol. The molecule has 4 aliphatic heterocycles. The molecule has 380 valence electrons. The van der Waals surface area contributed by atoms with Crippen LogP contribution in [0.2, 0.25) is 0 Å². The van der Waals surface area contributed by atoms with Crippen molar-refractivity contribution in [2.75, 3.05) is 24.6 Å². The second-order valence-corrected chi connectivity index (χ2v) is 22.1. The van der Waals surface area contributed by atoms with Crippen LogP contribution in [0.1, 0.15) is 111 Å². The largest absolute Gasteiger partial charge is 0.565 e. The first-order valence-corrected chi connectivity index (χ1v) is 27.5. The summed E-state index contributed by atoms with van der Waals surface area (Å²) in [5.41, 5.74) is 6.25. The van der Waals surface area contributed by atoms with Crippen LogP contribution in [0.3, 0.4) is 0 Å². The molecule has 4 heterocycles. The summed E-state index contributed by atoms with van der Waals surface area (Å²) in [7, 11) is 0. The van der Waals surface area contributed by atoms with Gasteiger partial charge in [-0.1, -0.05) is 12.8 Å². The normalized spacial score (nSPS) is 21.4. The third-order valence-corrected chi connectivity index (χ3v) is 16.2. The summed E-state index contributed by atoms with van der Waals surface area (Å²) in [6, 6.07) is 12.9. The van der Waals surface area contributed by atoms with E-state index in [-0.39, 0.29) is 48.0 Å². The highest BCUT2D eigenvalue weighted by Crippen LogP contribution is 2.34. The maximum Gasteiger partial charge on any atom is 0.515 e. The molecule has 23 heteroatoms. The molecule has 69 heavy (non-hydrogen) atoms. The van der Waals surface area contributed by atoms with Crippen LogP contribution < -0.4 is 43.0 Å². The minimum Gasteiger partial charge on any atom is -0.565 e. The van der Waals surface area contributed by atoms with Gasteiger partial charge in [0.15, 0.2) is 0 Å². The molecule has 0 bridgehead atoms. The number of carboxylic acids is 2. The summed E-state index contributed by atoms with van der Waals surface area (Å²) in [4.78, 5) is 91.8. The third kappa shape index (κ3) is 20.7. The first-order valence-electron chi connectivity index (χ1n) is 23.2. The van der Waals surface area contributed by atoms with Crippen LogP contribution in [0.25, 0.3) is 0 Å². The van der Waals surface area contributed by atoms with Crippen LogP contribution in [0.15, 0.2) is 48.5 Å². The zero-order valence-corrected chi connectivity index (χ0v) is 44.2. The summed E-state index contributed by atoms with van der Waals surface area (Å²) >= 11 is 8.04. The van der Waals surface area contributed by atoms with Crippen LogP contribution in [0.5, 0.6) is 0 Å². The standard InChI is InChI=1S/C23H31IN4O5S.C13H17IN2O3.C10H16N2O3S/c24-15-10-8-14(9-11-15)21(30)26-16(22(31)32)5-3-4-12-25-19(29)7-2-1-6-18-20-17(13-34-18)27-23(33)28-20;14-10-6-4-9(5-7-10)12(17)16-11(13(18)19)3-1-2-8-15;13-8(14)4-2-1-3-7-9-6(5-16-7)11-10(15)12-9/h8-11,16-18,20H,1-7,12-13H2,(H,25,29)(H,26,30)(H,31,32)(H2,27,28,33);4-7,11H,1-3,8,15H2,(H,16,17)(H,18,19);6-7,9H,1-5H2,(H,13,14)(H2,11,12,15)/p+1. The molecule has 13 N–H and O–H groups in total. The minimum absolute atomic E-state index is 0.00501. The topological polar surface area (TPSA) is 310 Å². The molecule has 2 aromatic carbocycles. The number of rotatable bonds is 25. The summed E-state index contributed by atoms with van der Waals surface area (Å²) in [6.07, 6.45) is 9.63. The van der Waals surface area contributed by atoms with E-state index in [9.17, 15) is 43.5 Å². The molecule has 0 aliphatic carbocycles. The number of hydrogen-bond acceptors (Lipinski definition) is 11. The highest BCUT2D eigenvalue weighted by Gasteiger charge is 2.43. The van der Waals surface area contributed by atoms with Crippen LogP contribution >= 0.6 is 68.7 Å². The number of urea groups is 2. The highest BCUT2D eigenvalue weighted by molar-refractivity contribution is 14.1. The van der Waals surface area contributed by atoms with E-state index in [4.69, 9.17) is 15.9 Å². The van der Waals surface area contributed by atoms with Crippen molar-refractivity contribution in [3.63, 3.8) is 0 Å². The lowest BCUT2D eigenvalue weighted by molar-refractivity contribution is -0.140. The molecule has 4 saturated heterocycles. The average molecular weight is 1220 g/mol. The Morgan fingerprint density at radius 1 is 0.638 bits per heavy atom. The van der Waals surface area contributed by atoms with Crippen molar-refractivity contribution in [2.45, 2.75) is 137 Å². The Morgan fingerprint density at radius 3 is 1.49 bits per heavy atom. The Hall–Kier alpha value is -4.08. The third-order valence-electron chi connectivity index (χ3n) is 11.8. The van der Waals surface area contributed by atoms with Gasteiger partial charge in [-0.05, 0) is 164 Å². The quantitative estimate of drug-likeness (QED) is 0.0291. The first kappa shape index (κ1) is 57.5. The molecule has 8 unspecified atom stereocenters. The van der Waals surface area contributed by atoms with Gasteiger partial charge in [0.05, 0.1) is 24.2 Å². The van der Waals surface area contributed by atoms with Crippen LogP contribution in [0.4, 0.5) is 9.59 Å². The molecule has 7 amide bonds. The van der Waals surface area contributed by atoms with Crippen LogP contribution in [-0.4, -0.2) is 134 Å². The number of aliphatic carboxylic acids is 2. The van der Waals surface area contributed by atoms with E-state index in [0.717, 1.165) is 63.6 Å². The Bertz CT molecular complexity index is 2040. The zero-order valence-electron chi connectivity index (χ0n) is 38.3. The maximum absolute atomic E-state index is 12.3. The molecule has 4 fully saturated rings. The number of carbonyl (C=O) groups is 8. The van der Waals surface area contributed by atoms with Gasteiger partial charge in [0, 0.05) is 58.0 Å². The lowest BCUT2D eigenvalue weighted by Gasteiger charge is -2.16. The highest BCUT2D eigenvalue weighted by atomic mass is 127. The number of unbranched alkanes of at least 4 members (excludes halogenated alkanes) is 4. The van der Waals surface area contributed by atoms with Crippen molar-refractivity contribution in [2.24, 2.45) is 5.73 Å². The van der Waals surface area contributed by atoms with Crippen molar-refractivity contribution in [3.8, 4) is 0 Å². The number of carbonyl (C=O) groups excluding carboxylic acids is 6. The summed E-state index contributed by atoms with van der Waals surface area (Å²) < 4.78 is 2.01. The van der Waals surface area contributed by atoms with Crippen molar-refractivity contribution in [1.29, 1.82) is 0 Å². The summed E-state index contributed by atoms with van der Waals surface area (Å²) in [6.45, 7) is 1.01. The SMILES string of the molecule is NCCCCC(NC(=O)c1ccc(I)cc1)C(=O)O.O=C(CCCCC1SCC2NC(=O)NC21)NCCCCC(NC(=O)c1ccc(I)cc1)C(=O)O.O=C([OH2+])CCCCC1SCC2NC(=O)NC21. The summed E-state index contributed by atoms with van der Waals surface area (Å²) in [5, 5.41) is 45.9. The Morgan fingerprint density at radius 2 is 1.07 bits per heavy atom. The van der Waals surface area contributed by atoms with Gasteiger partial charge in [-0.2, -0.15) is 23.5 Å². The van der Waals surface area contributed by atoms with Gasteiger partial charge in [-0.15, -0.1) is 0 Å². The van der Waals surface area contributed by atoms with Gasteiger partial charge in [0.25, 0.3) is 11.8 Å². The van der Waals surface area contributed by atoms with Crippen molar-refractivity contribution in [1.82, 2.24) is 37.2 Å². The van der Waals surface area contributed by atoms with Gasteiger partial charge in [0.2, 0.25) is 5.91 Å². The number of thioether (sulfide) groups is 2. The number of nitrogens with two attached hydrogens (primary N) is 1. The number of benzene rings is 2. The fraction of sp³-hybridized carbons (Fsp3) is 0.565. The minimum atomic E-state index is -1.07. The molecule has 6 rings (SSSR count). The van der Waals surface area contributed by atoms with E-state index >= 15 is 0 Å². The van der Waals surface area contributed by atoms with Crippen molar-refractivity contribution < 1.29 is 53.7 Å². The van der Waals surface area contributed by atoms with Gasteiger partial charge in [0.1, 0.15) is 18.5 Å². The number of halogens is 2. The molecule has 0 saturated carbocycles. The Kier molecular flexibility index (Phi) is 25.5. The van der Waals surface area contributed by atoms with E-state index in [0.29, 0.717) is 79.7 Å². The van der Waals surface area contributed by atoms with Gasteiger partial charge < -0.3 is 58.3 Å².